The normalized spacial score (nSPS) is 41.8. The van der Waals surface area contributed by atoms with E-state index in [9.17, 15) is 0 Å². The van der Waals surface area contributed by atoms with Crippen molar-refractivity contribution in [2.45, 2.75) is 39.2 Å². The predicted molar refractivity (Wildman–Crippen MR) is 74.1 cm³/mol. The van der Waals surface area contributed by atoms with E-state index < -0.39 is 0 Å². The van der Waals surface area contributed by atoms with Gasteiger partial charge in [0.2, 0.25) is 0 Å². The van der Waals surface area contributed by atoms with E-state index in [2.05, 4.69) is 32.0 Å². The van der Waals surface area contributed by atoms with Gasteiger partial charge in [0, 0.05) is 6.04 Å². The van der Waals surface area contributed by atoms with E-state index in [0.717, 1.165) is 29.6 Å². The first-order chi connectivity index (χ1) is 8.66. The maximum atomic E-state index is 6.61. The summed E-state index contributed by atoms with van der Waals surface area (Å²) in [7, 11) is 0. The summed E-state index contributed by atoms with van der Waals surface area (Å²) in [6.45, 7) is 4.38. The Balaban J connectivity index is 1.61. The lowest BCUT2D eigenvalue weighted by Crippen LogP contribution is -2.18. The molecule has 96 valence electrons. The third-order valence-corrected chi connectivity index (χ3v) is 6.00. The molecule has 3 saturated carbocycles. The SMILES string of the molecule is Cc1ccc(C)c(C(N)C2C3C4CCC(C4)C32)c1. The van der Waals surface area contributed by atoms with Crippen LogP contribution in [0.3, 0.4) is 0 Å². The Labute approximate surface area is 110 Å². The zero-order chi connectivity index (χ0) is 12.4. The molecule has 1 aromatic carbocycles. The first-order valence-corrected chi connectivity index (χ1v) is 7.49. The average Bonchev–Trinajstić information content (AvgIpc) is 2.79. The van der Waals surface area contributed by atoms with E-state index in [1.807, 2.05) is 0 Å². The van der Waals surface area contributed by atoms with Gasteiger partial charge in [-0.3, -0.25) is 0 Å². The minimum absolute atomic E-state index is 0.295. The molecule has 1 aromatic rings. The minimum atomic E-state index is 0.295. The molecule has 1 nitrogen and oxygen atoms in total. The molecule has 3 aliphatic rings. The summed E-state index contributed by atoms with van der Waals surface area (Å²) < 4.78 is 0. The van der Waals surface area contributed by atoms with E-state index in [0.29, 0.717) is 6.04 Å². The highest BCUT2D eigenvalue weighted by molar-refractivity contribution is 5.35. The average molecular weight is 241 g/mol. The Bertz CT molecular complexity index is 476. The summed E-state index contributed by atoms with van der Waals surface area (Å²) in [5, 5.41) is 0. The van der Waals surface area contributed by atoms with Crippen molar-refractivity contribution in [3.8, 4) is 0 Å². The van der Waals surface area contributed by atoms with E-state index in [-0.39, 0.29) is 0 Å². The molecule has 18 heavy (non-hydrogen) atoms. The predicted octanol–water partition coefficient (Wildman–Crippen LogP) is 3.60. The van der Waals surface area contributed by atoms with Gasteiger partial charge in [0.05, 0.1) is 0 Å². The van der Waals surface area contributed by atoms with E-state index >= 15 is 0 Å². The maximum absolute atomic E-state index is 6.61. The monoisotopic (exact) mass is 241 g/mol. The zero-order valence-corrected chi connectivity index (χ0v) is 11.4. The fourth-order valence-electron chi connectivity index (χ4n) is 5.20. The molecule has 1 heteroatoms. The van der Waals surface area contributed by atoms with Crippen LogP contribution < -0.4 is 5.73 Å². The van der Waals surface area contributed by atoms with Crippen LogP contribution in [0.5, 0.6) is 0 Å². The number of fused-ring (bicyclic) bond motifs is 5. The van der Waals surface area contributed by atoms with Gasteiger partial charge in [-0.05, 0) is 73.8 Å². The summed E-state index contributed by atoms with van der Waals surface area (Å²) in [5.41, 5.74) is 10.8. The second-order valence-corrected chi connectivity index (χ2v) is 6.95. The van der Waals surface area contributed by atoms with Crippen LogP contribution >= 0.6 is 0 Å². The van der Waals surface area contributed by atoms with Crippen molar-refractivity contribution in [1.82, 2.24) is 0 Å². The minimum Gasteiger partial charge on any atom is -0.324 e. The van der Waals surface area contributed by atoms with Crippen LogP contribution in [0.25, 0.3) is 0 Å². The van der Waals surface area contributed by atoms with Crippen molar-refractivity contribution < 1.29 is 0 Å². The molecule has 2 N–H and O–H groups in total. The van der Waals surface area contributed by atoms with Crippen molar-refractivity contribution in [3.63, 3.8) is 0 Å². The lowest BCUT2D eigenvalue weighted by Gasteiger charge is -2.19. The Hall–Kier alpha value is -0.820. The highest BCUT2D eigenvalue weighted by atomic mass is 14.8. The fraction of sp³-hybridized carbons (Fsp3) is 0.647. The molecule has 5 atom stereocenters. The van der Waals surface area contributed by atoms with Crippen molar-refractivity contribution in [2.24, 2.45) is 35.3 Å². The molecule has 0 spiro atoms. The van der Waals surface area contributed by atoms with Crippen LogP contribution in [-0.2, 0) is 0 Å². The third-order valence-electron chi connectivity index (χ3n) is 6.00. The smallest absolute Gasteiger partial charge is 0.0331 e. The van der Waals surface area contributed by atoms with Gasteiger partial charge >= 0.3 is 0 Å². The van der Waals surface area contributed by atoms with Gasteiger partial charge < -0.3 is 5.73 Å². The van der Waals surface area contributed by atoms with Crippen molar-refractivity contribution in [1.29, 1.82) is 0 Å². The number of aryl methyl sites for hydroxylation is 2. The van der Waals surface area contributed by atoms with Gasteiger partial charge in [-0.25, -0.2) is 0 Å². The maximum Gasteiger partial charge on any atom is 0.0331 e. The Morgan fingerprint density at radius 1 is 1.11 bits per heavy atom. The van der Waals surface area contributed by atoms with Gasteiger partial charge in [0.25, 0.3) is 0 Å². The van der Waals surface area contributed by atoms with Crippen LogP contribution in [0.2, 0.25) is 0 Å². The summed E-state index contributed by atoms with van der Waals surface area (Å²) in [6, 6.07) is 7.04. The highest BCUT2D eigenvalue weighted by Gasteiger charge is 2.66. The van der Waals surface area contributed by atoms with E-state index in [4.69, 9.17) is 5.73 Å². The van der Waals surface area contributed by atoms with Crippen molar-refractivity contribution in [2.75, 3.05) is 0 Å². The van der Waals surface area contributed by atoms with E-state index in [1.54, 1.807) is 0 Å². The molecule has 0 aliphatic heterocycles. The number of benzene rings is 1. The van der Waals surface area contributed by atoms with Crippen LogP contribution in [0, 0.1) is 43.4 Å². The molecule has 3 aliphatic carbocycles. The van der Waals surface area contributed by atoms with Gasteiger partial charge in [-0.15, -0.1) is 0 Å². The Morgan fingerprint density at radius 2 is 1.78 bits per heavy atom. The third kappa shape index (κ3) is 1.37. The molecule has 0 saturated heterocycles. The van der Waals surface area contributed by atoms with Crippen LogP contribution in [0.4, 0.5) is 0 Å². The summed E-state index contributed by atoms with van der Waals surface area (Å²) >= 11 is 0. The molecular formula is C17H23N. The summed E-state index contributed by atoms with van der Waals surface area (Å²) in [6.07, 6.45) is 4.50. The number of nitrogens with two attached hydrogens (primary N) is 1. The summed E-state index contributed by atoms with van der Waals surface area (Å²) in [5.74, 6) is 4.83. The van der Waals surface area contributed by atoms with Crippen molar-refractivity contribution >= 4 is 0 Å². The molecule has 0 amide bonds. The fourth-order valence-corrected chi connectivity index (χ4v) is 5.20. The summed E-state index contributed by atoms with van der Waals surface area (Å²) in [4.78, 5) is 0. The van der Waals surface area contributed by atoms with Gasteiger partial charge in [-0.1, -0.05) is 23.8 Å². The lowest BCUT2D eigenvalue weighted by atomic mass is 9.90. The molecule has 0 heterocycles. The molecule has 0 radical (unpaired) electrons. The quantitative estimate of drug-likeness (QED) is 0.841. The molecular weight excluding hydrogens is 218 g/mol. The van der Waals surface area contributed by atoms with Gasteiger partial charge in [-0.2, -0.15) is 0 Å². The lowest BCUT2D eigenvalue weighted by molar-refractivity contribution is 0.417. The Kier molecular flexibility index (Phi) is 2.21. The van der Waals surface area contributed by atoms with Crippen LogP contribution in [-0.4, -0.2) is 0 Å². The van der Waals surface area contributed by atoms with E-state index in [1.165, 1.54) is 36.0 Å². The molecule has 2 bridgehead atoms. The number of hydrogen-bond donors (Lipinski definition) is 1. The number of hydrogen-bond acceptors (Lipinski definition) is 1. The Morgan fingerprint density at radius 3 is 2.44 bits per heavy atom. The first-order valence-electron chi connectivity index (χ1n) is 7.49. The van der Waals surface area contributed by atoms with Crippen LogP contribution in [0.15, 0.2) is 18.2 Å². The van der Waals surface area contributed by atoms with Gasteiger partial charge in [0.1, 0.15) is 0 Å². The topological polar surface area (TPSA) is 26.0 Å². The second-order valence-electron chi connectivity index (χ2n) is 6.95. The zero-order valence-electron chi connectivity index (χ0n) is 11.4. The molecule has 0 aromatic heterocycles. The second kappa shape index (κ2) is 3.60. The van der Waals surface area contributed by atoms with Crippen LogP contribution in [0.1, 0.15) is 42.0 Å². The molecule has 4 rings (SSSR count). The largest absolute Gasteiger partial charge is 0.324 e. The first kappa shape index (κ1) is 11.0. The molecule has 3 fully saturated rings. The van der Waals surface area contributed by atoms with Gasteiger partial charge in [0.15, 0.2) is 0 Å². The highest BCUT2D eigenvalue weighted by Crippen LogP contribution is 2.71. The standard InChI is InChI=1S/C17H23N/c1-9-3-4-10(2)13(7-9)17(18)16-14-11-5-6-12(8-11)15(14)16/h3-4,7,11-12,14-17H,5-6,8,18H2,1-2H3. The van der Waals surface area contributed by atoms with Crippen molar-refractivity contribution in [3.05, 3.63) is 34.9 Å². The number of rotatable bonds is 2. The molecule has 5 unspecified atom stereocenters.